The molecule has 1 rings (SSSR count). The SMILES string of the molecule is CC/C=C\C/C=C\C/C=C\C/C=C\C/C=C\C/C=C\CCCCCCCCCCCCCCCCCCCCC(=O)NC(COC1OC(CO)C(O)C(O)C1O)C(O)/C=C/CC/C=C/CCCCCCCCCCC. The number of aliphatic hydroxyl groups is 5. The van der Waals surface area contributed by atoms with Crippen LogP contribution in [0.3, 0.4) is 0 Å². The number of allylic oxidation sites excluding steroid dienone is 15. The van der Waals surface area contributed by atoms with Crippen LogP contribution in [0.1, 0.15) is 258 Å². The first-order valence-electron chi connectivity index (χ1n) is 31.0. The summed E-state index contributed by atoms with van der Waals surface area (Å²) in [6, 6.07) is -0.825. The van der Waals surface area contributed by atoms with Gasteiger partial charge < -0.3 is 40.3 Å². The largest absolute Gasteiger partial charge is 0.394 e. The summed E-state index contributed by atoms with van der Waals surface area (Å²) in [5.41, 5.74) is 0. The Bertz CT molecular complexity index is 1500. The normalized spacial score (nSPS) is 19.6. The molecular formula is C66H115NO8. The van der Waals surface area contributed by atoms with Gasteiger partial charge in [0.2, 0.25) is 5.91 Å². The standard InChI is InChI=1S/C66H115NO8/c1-3-5-7-9-11-13-15-17-19-20-21-22-23-24-25-26-27-28-29-30-31-32-33-34-35-36-37-38-39-40-42-44-46-48-50-52-54-56-62(70)67-59(58-74-66-65(73)64(72)63(71)61(57-68)75-66)60(69)55-53-51-49-47-45-43-41-18-16-14-12-10-8-6-4-2/h5,7,11,13,17,19,21-22,24-25,27-28,45,47,53,55,59-61,63-66,68-69,71-73H,3-4,6,8-10,12,14-16,18,20,23,26,29-44,46,48-52,54,56-58H2,1-2H3,(H,67,70)/b7-5-,13-11-,19-17-,22-21-,25-24-,28-27-,47-45+,55-53+. The van der Waals surface area contributed by atoms with Crippen molar-refractivity contribution < 1.29 is 39.8 Å². The average molecular weight is 1050 g/mol. The highest BCUT2D eigenvalue weighted by Crippen LogP contribution is 2.23. The number of amides is 1. The van der Waals surface area contributed by atoms with Crippen molar-refractivity contribution in [2.45, 2.75) is 301 Å². The van der Waals surface area contributed by atoms with Gasteiger partial charge in [0, 0.05) is 6.42 Å². The van der Waals surface area contributed by atoms with Crippen LogP contribution in [0.25, 0.3) is 0 Å². The number of nitrogens with one attached hydrogen (secondary N) is 1. The fourth-order valence-electron chi connectivity index (χ4n) is 9.29. The summed E-state index contributed by atoms with van der Waals surface area (Å²) in [7, 11) is 0. The van der Waals surface area contributed by atoms with Crippen LogP contribution in [0.4, 0.5) is 0 Å². The van der Waals surface area contributed by atoms with E-state index in [-0.39, 0.29) is 12.5 Å². The molecule has 7 atom stereocenters. The molecule has 1 aliphatic rings. The average Bonchev–Trinajstić information content (AvgIpc) is 3.41. The smallest absolute Gasteiger partial charge is 0.220 e. The molecule has 6 N–H and O–H groups in total. The molecule has 0 aromatic rings. The van der Waals surface area contributed by atoms with Gasteiger partial charge >= 0.3 is 0 Å². The molecule has 7 unspecified atom stereocenters. The highest BCUT2D eigenvalue weighted by Gasteiger charge is 2.44. The Balaban J connectivity index is 2.11. The third kappa shape index (κ3) is 43.7. The quantitative estimate of drug-likeness (QED) is 0.0261. The molecule has 1 fully saturated rings. The number of ether oxygens (including phenoxy) is 2. The van der Waals surface area contributed by atoms with Crippen molar-refractivity contribution in [3.8, 4) is 0 Å². The number of rotatable bonds is 52. The first kappa shape index (κ1) is 70.1. The second kappa shape index (κ2) is 54.5. The maximum Gasteiger partial charge on any atom is 0.220 e. The van der Waals surface area contributed by atoms with Crippen molar-refractivity contribution in [3.05, 3.63) is 97.2 Å². The van der Waals surface area contributed by atoms with Gasteiger partial charge in [-0.15, -0.1) is 0 Å². The van der Waals surface area contributed by atoms with Gasteiger partial charge in [0.05, 0.1) is 25.4 Å². The summed E-state index contributed by atoms with van der Waals surface area (Å²) < 4.78 is 11.3. The third-order valence-corrected chi connectivity index (χ3v) is 14.1. The van der Waals surface area contributed by atoms with Gasteiger partial charge in [-0.1, -0.05) is 265 Å². The summed E-state index contributed by atoms with van der Waals surface area (Å²) in [6.07, 6.45) is 72.1. The van der Waals surface area contributed by atoms with Crippen molar-refractivity contribution in [2.24, 2.45) is 0 Å². The van der Waals surface area contributed by atoms with E-state index < -0.39 is 49.5 Å². The predicted molar refractivity (Wildman–Crippen MR) is 318 cm³/mol. The molecule has 75 heavy (non-hydrogen) atoms. The molecule has 432 valence electrons. The Labute approximate surface area is 460 Å². The van der Waals surface area contributed by atoms with Crippen molar-refractivity contribution >= 4 is 5.91 Å². The van der Waals surface area contributed by atoms with Crippen molar-refractivity contribution in [1.29, 1.82) is 0 Å². The molecule has 0 saturated carbocycles. The Kier molecular flexibility index (Phi) is 50.9. The zero-order chi connectivity index (χ0) is 54.3. The maximum atomic E-state index is 13.1. The Hall–Kier alpha value is -2.89. The topological polar surface area (TPSA) is 149 Å². The summed E-state index contributed by atoms with van der Waals surface area (Å²) in [5.74, 6) is -0.187. The van der Waals surface area contributed by atoms with Crippen LogP contribution in [0.15, 0.2) is 97.2 Å². The van der Waals surface area contributed by atoms with E-state index in [2.05, 4.69) is 104 Å². The minimum atomic E-state index is -1.57. The van der Waals surface area contributed by atoms with E-state index in [1.807, 2.05) is 6.08 Å². The van der Waals surface area contributed by atoms with Crippen LogP contribution < -0.4 is 5.32 Å². The molecule has 0 bridgehead atoms. The van der Waals surface area contributed by atoms with E-state index in [0.717, 1.165) is 77.0 Å². The zero-order valence-corrected chi connectivity index (χ0v) is 48.0. The second-order valence-electron chi connectivity index (χ2n) is 21.1. The lowest BCUT2D eigenvalue weighted by Gasteiger charge is -2.40. The molecule has 1 aliphatic heterocycles. The third-order valence-electron chi connectivity index (χ3n) is 14.1. The van der Waals surface area contributed by atoms with E-state index in [0.29, 0.717) is 6.42 Å². The number of hydrogen-bond acceptors (Lipinski definition) is 8. The van der Waals surface area contributed by atoms with Crippen LogP contribution in [-0.2, 0) is 14.3 Å². The van der Waals surface area contributed by atoms with Gasteiger partial charge in [0.1, 0.15) is 24.4 Å². The van der Waals surface area contributed by atoms with Crippen molar-refractivity contribution in [3.63, 3.8) is 0 Å². The van der Waals surface area contributed by atoms with Crippen molar-refractivity contribution in [1.82, 2.24) is 5.32 Å². The second-order valence-corrected chi connectivity index (χ2v) is 21.1. The molecule has 9 nitrogen and oxygen atoms in total. The lowest BCUT2D eigenvalue weighted by molar-refractivity contribution is -0.302. The molecule has 1 saturated heterocycles. The Morgan fingerprint density at radius 2 is 0.840 bits per heavy atom. The van der Waals surface area contributed by atoms with E-state index in [4.69, 9.17) is 9.47 Å². The number of hydrogen-bond donors (Lipinski definition) is 6. The van der Waals surface area contributed by atoms with Gasteiger partial charge in [0.25, 0.3) is 0 Å². The molecule has 1 heterocycles. The zero-order valence-electron chi connectivity index (χ0n) is 48.0. The molecule has 9 heteroatoms. The van der Waals surface area contributed by atoms with Crippen LogP contribution in [0.5, 0.6) is 0 Å². The van der Waals surface area contributed by atoms with E-state index in [1.165, 1.54) is 161 Å². The fourth-order valence-corrected chi connectivity index (χ4v) is 9.29. The number of aliphatic hydroxyl groups excluding tert-OH is 5. The monoisotopic (exact) mass is 1050 g/mol. The maximum absolute atomic E-state index is 13.1. The van der Waals surface area contributed by atoms with Gasteiger partial charge in [-0.3, -0.25) is 4.79 Å². The molecular weight excluding hydrogens is 935 g/mol. The van der Waals surface area contributed by atoms with E-state index in [9.17, 15) is 30.3 Å². The van der Waals surface area contributed by atoms with Gasteiger partial charge in [-0.05, 0) is 83.5 Å². The number of carbonyl (C=O) groups excluding carboxylic acids is 1. The fraction of sp³-hybridized carbons (Fsp3) is 0.742. The minimum absolute atomic E-state index is 0.187. The molecule has 0 radical (unpaired) electrons. The summed E-state index contributed by atoms with van der Waals surface area (Å²) in [4.78, 5) is 13.1. The van der Waals surface area contributed by atoms with Crippen molar-refractivity contribution in [2.75, 3.05) is 13.2 Å². The Morgan fingerprint density at radius 3 is 1.28 bits per heavy atom. The minimum Gasteiger partial charge on any atom is -0.394 e. The lowest BCUT2D eigenvalue weighted by Crippen LogP contribution is -2.60. The molecule has 1 amide bonds. The van der Waals surface area contributed by atoms with Crippen LogP contribution in [-0.4, -0.2) is 87.5 Å². The molecule has 0 aromatic carbocycles. The van der Waals surface area contributed by atoms with E-state index >= 15 is 0 Å². The van der Waals surface area contributed by atoms with Crippen LogP contribution in [0.2, 0.25) is 0 Å². The highest BCUT2D eigenvalue weighted by atomic mass is 16.7. The predicted octanol–water partition coefficient (Wildman–Crippen LogP) is 16.0. The van der Waals surface area contributed by atoms with Gasteiger partial charge in [-0.25, -0.2) is 0 Å². The first-order chi connectivity index (χ1) is 36.8. The summed E-state index contributed by atoms with van der Waals surface area (Å²) >= 11 is 0. The lowest BCUT2D eigenvalue weighted by atomic mass is 9.99. The summed E-state index contributed by atoms with van der Waals surface area (Å²) in [6.45, 7) is 3.65. The first-order valence-corrected chi connectivity index (χ1v) is 31.0. The van der Waals surface area contributed by atoms with E-state index in [1.54, 1.807) is 6.08 Å². The Morgan fingerprint density at radius 1 is 0.467 bits per heavy atom. The molecule has 0 aliphatic carbocycles. The number of unbranched alkanes of at least 4 members (excludes halogenated alkanes) is 28. The molecule has 0 aromatic heterocycles. The van der Waals surface area contributed by atoms with Crippen LogP contribution >= 0.6 is 0 Å². The number of carbonyl (C=O) groups is 1. The van der Waals surface area contributed by atoms with Crippen LogP contribution in [0, 0.1) is 0 Å². The van der Waals surface area contributed by atoms with Gasteiger partial charge in [-0.2, -0.15) is 0 Å². The summed E-state index contributed by atoms with van der Waals surface area (Å²) in [5, 5.41) is 54.5. The highest BCUT2D eigenvalue weighted by molar-refractivity contribution is 5.76. The van der Waals surface area contributed by atoms with Gasteiger partial charge in [0.15, 0.2) is 6.29 Å². The molecule has 0 spiro atoms.